The number of nitrogens with zero attached hydrogens (tertiary/aromatic N) is 4. The molecule has 12 nitrogen and oxygen atoms in total. The van der Waals surface area contributed by atoms with E-state index in [0.29, 0.717) is 34.9 Å². The van der Waals surface area contributed by atoms with Crippen LogP contribution in [0, 0.1) is 11.6 Å². The smallest absolute Gasteiger partial charge is 0.416 e. The molecule has 2 aliphatic heterocycles. The normalized spacial score (nSPS) is 16.1. The summed E-state index contributed by atoms with van der Waals surface area (Å²) in [5, 5.41) is 32.9. The van der Waals surface area contributed by atoms with Gasteiger partial charge in [-0.1, -0.05) is 60.7 Å². The van der Waals surface area contributed by atoms with Crippen LogP contribution in [0.2, 0.25) is 0 Å². The van der Waals surface area contributed by atoms with Crippen LogP contribution in [0.4, 0.5) is 22.0 Å². The molecule has 3 heterocycles. The number of aryl methyl sites for hydroxylation is 2. The van der Waals surface area contributed by atoms with Gasteiger partial charge in [0.05, 0.1) is 16.5 Å². The molecule has 0 aliphatic carbocycles. The highest BCUT2D eigenvalue weighted by molar-refractivity contribution is 7.99. The number of thioether (sulfide) groups is 1. The zero-order valence-corrected chi connectivity index (χ0v) is 35.3. The minimum Gasteiger partial charge on any atom is -0.479 e. The van der Waals surface area contributed by atoms with E-state index in [2.05, 4.69) is 9.88 Å². The number of carboxylic acid groups (broad SMARTS) is 2. The van der Waals surface area contributed by atoms with Crippen molar-refractivity contribution in [2.75, 3.05) is 24.6 Å². The molecule has 2 unspecified atom stereocenters. The van der Waals surface area contributed by atoms with Crippen molar-refractivity contribution in [1.29, 1.82) is 0 Å². The van der Waals surface area contributed by atoms with E-state index in [9.17, 15) is 41.1 Å². The van der Waals surface area contributed by atoms with Crippen molar-refractivity contribution < 1.29 is 56.8 Å². The van der Waals surface area contributed by atoms with E-state index < -0.39 is 53.1 Å². The third-order valence-corrected chi connectivity index (χ3v) is 12.6. The summed E-state index contributed by atoms with van der Waals surface area (Å²) in [6.45, 7) is 1.96. The van der Waals surface area contributed by atoms with Gasteiger partial charge in [0.1, 0.15) is 12.4 Å². The average molecular weight is 911 g/mol. The highest BCUT2D eigenvalue weighted by Gasteiger charge is 2.33. The Morgan fingerprint density at radius 2 is 1.38 bits per heavy atom. The Morgan fingerprint density at radius 1 is 0.781 bits per heavy atom. The number of aliphatic hydroxyl groups excluding tert-OH is 2. The minimum absolute atomic E-state index is 0.0512. The molecule has 2 atom stereocenters. The monoisotopic (exact) mass is 910 g/mol. The van der Waals surface area contributed by atoms with Crippen molar-refractivity contribution in [2.45, 2.75) is 82.1 Å². The van der Waals surface area contributed by atoms with Crippen molar-refractivity contribution in [3.05, 3.63) is 135 Å². The number of para-hydroxylation sites is 1. The number of carbonyl (C=O) groups is 3. The number of carboxylic acids is 2. The van der Waals surface area contributed by atoms with Crippen LogP contribution in [0.3, 0.4) is 0 Å². The molecule has 2 aliphatic rings. The Kier molecular flexibility index (Phi) is 15.9. The lowest BCUT2D eigenvalue weighted by molar-refractivity contribution is -0.165. The number of aliphatic hydroxyl groups is 2. The Balaban J connectivity index is 0.000000608. The molecule has 4 aromatic carbocycles. The molecule has 0 bridgehead atoms. The quantitative estimate of drug-likeness (QED) is 0.0962. The van der Waals surface area contributed by atoms with Gasteiger partial charge in [-0.2, -0.15) is 29.9 Å². The third-order valence-electron chi connectivity index (χ3n) is 11.5. The molecule has 0 radical (unpaired) electrons. The van der Waals surface area contributed by atoms with Crippen LogP contribution < -0.4 is 5.56 Å². The van der Waals surface area contributed by atoms with Crippen LogP contribution in [-0.2, 0) is 46.5 Å². The molecule has 0 saturated carbocycles. The first-order chi connectivity index (χ1) is 30.5. The first-order valence-corrected chi connectivity index (χ1v) is 21.8. The molecule has 64 heavy (non-hydrogen) atoms. The molecule has 2 saturated heterocycles. The van der Waals surface area contributed by atoms with Crippen LogP contribution >= 0.6 is 11.8 Å². The average Bonchev–Trinajstić information content (AvgIpc) is 3.29. The molecular formula is C46H47F5N4O8S. The van der Waals surface area contributed by atoms with E-state index in [4.69, 9.17) is 20.4 Å². The number of aliphatic carboxylic acids is 2. The van der Waals surface area contributed by atoms with Gasteiger partial charge in [-0.05, 0) is 96.2 Å². The van der Waals surface area contributed by atoms with E-state index in [0.717, 1.165) is 79.6 Å². The van der Waals surface area contributed by atoms with Crippen molar-refractivity contribution in [1.82, 2.24) is 19.4 Å². The lowest BCUT2D eigenvalue weighted by atomic mass is 9.98. The summed E-state index contributed by atoms with van der Waals surface area (Å²) in [4.78, 5) is 56.1. The number of hydrogen-bond donors (Lipinski definition) is 4. The second kappa shape index (κ2) is 21.3. The largest absolute Gasteiger partial charge is 0.479 e. The molecule has 0 spiro atoms. The van der Waals surface area contributed by atoms with Crippen molar-refractivity contribution in [3.8, 4) is 11.1 Å². The molecule has 18 heteroatoms. The summed E-state index contributed by atoms with van der Waals surface area (Å²) < 4.78 is 69.8. The van der Waals surface area contributed by atoms with Gasteiger partial charge < -0.3 is 34.8 Å². The maximum Gasteiger partial charge on any atom is 0.416 e. The fourth-order valence-corrected chi connectivity index (χ4v) is 9.08. The van der Waals surface area contributed by atoms with E-state index in [1.54, 1.807) is 28.8 Å². The van der Waals surface area contributed by atoms with Crippen LogP contribution in [-0.4, -0.2) is 107 Å². The zero-order valence-electron chi connectivity index (χ0n) is 34.5. The van der Waals surface area contributed by atoms with Gasteiger partial charge in [0, 0.05) is 38.1 Å². The molecule has 4 N–H and O–H groups in total. The van der Waals surface area contributed by atoms with E-state index >= 15 is 0 Å². The molecule has 1 amide bonds. The zero-order chi connectivity index (χ0) is 46.1. The molecule has 340 valence electrons. The number of alkyl halides is 3. The Bertz CT molecular complexity index is 2460. The Labute approximate surface area is 369 Å². The second-order valence-corrected chi connectivity index (χ2v) is 16.8. The number of benzene rings is 4. The van der Waals surface area contributed by atoms with Crippen LogP contribution in [0.25, 0.3) is 22.0 Å². The molecule has 5 aromatic rings. The maximum atomic E-state index is 14.6. The molecule has 2 fully saturated rings. The fourth-order valence-electron chi connectivity index (χ4n) is 8.00. The van der Waals surface area contributed by atoms with E-state index in [1.165, 1.54) is 24.3 Å². The summed E-state index contributed by atoms with van der Waals surface area (Å²) in [5.41, 5.74) is 1.80. The number of likely N-dealkylation sites (tertiary alicyclic amines) is 1. The second-order valence-electron chi connectivity index (χ2n) is 15.6. The van der Waals surface area contributed by atoms with Gasteiger partial charge in [0.25, 0.3) is 5.56 Å². The van der Waals surface area contributed by atoms with Crippen molar-refractivity contribution >= 4 is 40.5 Å². The number of halogens is 5. The Hall–Kier alpha value is -5.69. The van der Waals surface area contributed by atoms with Crippen LogP contribution in [0.5, 0.6) is 0 Å². The summed E-state index contributed by atoms with van der Waals surface area (Å²) in [7, 11) is 0. The standard InChI is InChI=1S/C42H41F5N4O2S.C4H6O6/c43-36-6-3-4-31(40(36)44)14-17-38-48-41(53)35-5-1-2-7-37(35)51(38)27-39(52)50(34-18-22-49(23-19-34)33-20-24-54-25-21-33)26-28-8-10-29(11-9-28)30-12-15-32(16-13-30)42(45,46)47;5-1(3(7)8)2(6)4(9)10/h1-13,15-16,33-34H,14,17-27H2;1-2,5-6H,(H,7,8)(H,9,10). The third kappa shape index (κ3) is 11.9. The predicted octanol–water partition coefficient (Wildman–Crippen LogP) is 6.41. The highest BCUT2D eigenvalue weighted by Crippen LogP contribution is 2.32. The number of rotatable bonds is 13. The first kappa shape index (κ1) is 47.8. The van der Waals surface area contributed by atoms with Gasteiger partial charge in [0.2, 0.25) is 5.91 Å². The maximum absolute atomic E-state index is 14.6. The van der Waals surface area contributed by atoms with Gasteiger partial charge in [-0.15, -0.1) is 0 Å². The van der Waals surface area contributed by atoms with Crippen molar-refractivity contribution in [3.63, 3.8) is 0 Å². The lowest BCUT2D eigenvalue weighted by Gasteiger charge is -2.42. The Morgan fingerprint density at radius 3 is 1.97 bits per heavy atom. The van der Waals surface area contributed by atoms with Crippen molar-refractivity contribution in [2.24, 2.45) is 0 Å². The summed E-state index contributed by atoms with van der Waals surface area (Å²) in [5.74, 6) is -2.98. The molecule has 7 rings (SSSR count). The highest BCUT2D eigenvalue weighted by atomic mass is 32.2. The summed E-state index contributed by atoms with van der Waals surface area (Å²) in [6.07, 6.45) is -4.83. The van der Waals surface area contributed by atoms with Crippen LogP contribution in [0.15, 0.2) is 95.8 Å². The van der Waals surface area contributed by atoms with Gasteiger partial charge in [-0.3, -0.25) is 9.59 Å². The van der Waals surface area contributed by atoms with E-state index in [1.807, 2.05) is 40.9 Å². The topological polar surface area (TPSA) is 174 Å². The number of hydrogen-bond acceptors (Lipinski definition) is 9. The minimum atomic E-state index is -4.42. The summed E-state index contributed by atoms with van der Waals surface area (Å²) >= 11 is 1.99. The number of carbonyl (C=O) groups excluding carboxylic acids is 1. The number of aromatic nitrogens is 2. The fraction of sp³-hybridized carbons (Fsp3) is 0.370. The van der Waals surface area contributed by atoms with Gasteiger partial charge in [-0.25, -0.2) is 18.4 Å². The number of piperidine rings is 1. The summed E-state index contributed by atoms with van der Waals surface area (Å²) in [6, 6.07) is 24.0. The number of fused-ring (bicyclic) bond motifs is 1. The van der Waals surface area contributed by atoms with Gasteiger partial charge in [0.15, 0.2) is 23.8 Å². The van der Waals surface area contributed by atoms with Crippen LogP contribution in [0.1, 0.15) is 48.2 Å². The molecular weight excluding hydrogens is 864 g/mol. The molecule has 1 aromatic heterocycles. The lowest BCUT2D eigenvalue weighted by Crippen LogP contribution is -2.50. The predicted molar refractivity (Wildman–Crippen MR) is 229 cm³/mol. The van der Waals surface area contributed by atoms with E-state index in [-0.39, 0.29) is 36.9 Å². The van der Waals surface area contributed by atoms with Gasteiger partial charge >= 0.3 is 18.1 Å². The first-order valence-electron chi connectivity index (χ1n) is 20.6. The SMILES string of the molecule is O=C(Cn1c(CCc2cccc(F)c2F)nc(=O)c2ccccc21)N(Cc1ccc(-c2ccc(C(F)(F)F)cc2)cc1)C1CCN(C2CCSCC2)CC1.O=C(O)C(O)C(O)C(=O)O. The number of amides is 1.